The maximum atomic E-state index is 5.33. The van der Waals surface area contributed by atoms with Gasteiger partial charge in [0.05, 0.1) is 6.04 Å². The van der Waals surface area contributed by atoms with Gasteiger partial charge in [0, 0.05) is 33.4 Å². The minimum Gasteiger partial charge on any atom is -0.382 e. The lowest BCUT2D eigenvalue weighted by atomic mass is 10.1. The first-order valence-corrected chi connectivity index (χ1v) is 7.92. The molecule has 5 nitrogen and oxygen atoms in total. The van der Waals surface area contributed by atoms with E-state index in [0.717, 1.165) is 38.7 Å². The van der Waals surface area contributed by atoms with E-state index in [1.54, 1.807) is 7.05 Å². The standard InChI is InChI=1S/C17H30N4O.HI/c1-5-22-13-9-12-19-17(18-2)20-14-16(21(3)4)15-10-7-6-8-11-15;/h6-8,10-11,16H,5,9,12-14H2,1-4H3,(H2,18,19,20);1H. The Kier molecular flexibility index (Phi) is 13.1. The molecule has 0 fully saturated rings. The summed E-state index contributed by atoms with van der Waals surface area (Å²) < 4.78 is 5.33. The second kappa shape index (κ2) is 13.6. The average molecular weight is 434 g/mol. The minimum atomic E-state index is 0. The smallest absolute Gasteiger partial charge is 0.191 e. The van der Waals surface area contributed by atoms with E-state index in [4.69, 9.17) is 4.74 Å². The Hall–Kier alpha value is -0.860. The Balaban J connectivity index is 0.00000484. The number of ether oxygens (including phenoxy) is 1. The first-order valence-electron chi connectivity index (χ1n) is 7.92. The van der Waals surface area contributed by atoms with Crippen LogP contribution in [0.4, 0.5) is 0 Å². The number of halogens is 1. The third-order valence-electron chi connectivity index (χ3n) is 3.46. The molecule has 0 aromatic heterocycles. The molecule has 0 amide bonds. The molecule has 1 aromatic carbocycles. The van der Waals surface area contributed by atoms with Crippen molar-refractivity contribution in [3.8, 4) is 0 Å². The summed E-state index contributed by atoms with van der Waals surface area (Å²) in [5.74, 6) is 0.833. The van der Waals surface area contributed by atoms with Gasteiger partial charge < -0.3 is 20.3 Å². The summed E-state index contributed by atoms with van der Waals surface area (Å²) in [7, 11) is 5.99. The molecule has 0 aliphatic rings. The fourth-order valence-electron chi connectivity index (χ4n) is 2.21. The summed E-state index contributed by atoms with van der Waals surface area (Å²) in [6.07, 6.45) is 0.977. The molecular weight excluding hydrogens is 403 g/mol. The SMILES string of the molecule is CCOCCCNC(=NC)NCC(c1ccccc1)N(C)C.I. The molecule has 0 saturated heterocycles. The highest BCUT2D eigenvalue weighted by atomic mass is 127. The van der Waals surface area contributed by atoms with Crippen molar-refractivity contribution in [1.29, 1.82) is 0 Å². The van der Waals surface area contributed by atoms with Crippen molar-refractivity contribution >= 4 is 29.9 Å². The number of hydrogen-bond donors (Lipinski definition) is 2. The summed E-state index contributed by atoms with van der Waals surface area (Å²) >= 11 is 0. The third-order valence-corrected chi connectivity index (χ3v) is 3.46. The van der Waals surface area contributed by atoms with Crippen LogP contribution in [-0.2, 0) is 4.74 Å². The molecule has 0 bridgehead atoms. The van der Waals surface area contributed by atoms with Crippen molar-refractivity contribution in [3.63, 3.8) is 0 Å². The predicted octanol–water partition coefficient (Wildman–Crippen LogP) is 2.50. The van der Waals surface area contributed by atoms with Crippen molar-refractivity contribution in [2.24, 2.45) is 4.99 Å². The molecule has 1 unspecified atom stereocenters. The van der Waals surface area contributed by atoms with Crippen LogP contribution in [0.15, 0.2) is 35.3 Å². The molecule has 1 rings (SSSR count). The lowest BCUT2D eigenvalue weighted by Gasteiger charge is -2.26. The molecule has 0 saturated carbocycles. The Morgan fingerprint density at radius 1 is 1.22 bits per heavy atom. The Labute approximate surface area is 157 Å². The number of likely N-dealkylation sites (N-methyl/N-ethyl adjacent to an activating group) is 1. The van der Waals surface area contributed by atoms with Crippen LogP contribution >= 0.6 is 24.0 Å². The fourth-order valence-corrected chi connectivity index (χ4v) is 2.21. The van der Waals surface area contributed by atoms with Gasteiger partial charge in [-0.2, -0.15) is 0 Å². The lowest BCUT2D eigenvalue weighted by Crippen LogP contribution is -2.42. The van der Waals surface area contributed by atoms with Gasteiger partial charge in [-0.15, -0.1) is 24.0 Å². The summed E-state index contributed by atoms with van der Waals surface area (Å²) in [5.41, 5.74) is 1.30. The van der Waals surface area contributed by atoms with Crippen molar-refractivity contribution in [2.75, 3.05) is 47.4 Å². The zero-order valence-electron chi connectivity index (χ0n) is 14.7. The van der Waals surface area contributed by atoms with E-state index in [-0.39, 0.29) is 24.0 Å². The molecule has 0 radical (unpaired) electrons. The summed E-state index contributed by atoms with van der Waals surface area (Å²) in [4.78, 5) is 6.48. The molecule has 1 atom stereocenters. The average Bonchev–Trinajstić information content (AvgIpc) is 2.53. The maximum Gasteiger partial charge on any atom is 0.191 e. The van der Waals surface area contributed by atoms with Crippen LogP contribution in [0.3, 0.4) is 0 Å². The van der Waals surface area contributed by atoms with E-state index in [1.807, 2.05) is 13.0 Å². The second-order valence-corrected chi connectivity index (χ2v) is 5.32. The van der Waals surface area contributed by atoms with Crippen LogP contribution in [0.1, 0.15) is 24.9 Å². The Morgan fingerprint density at radius 3 is 2.48 bits per heavy atom. The Morgan fingerprint density at radius 2 is 1.91 bits per heavy atom. The zero-order valence-corrected chi connectivity index (χ0v) is 17.0. The number of rotatable bonds is 9. The van der Waals surface area contributed by atoms with Crippen molar-refractivity contribution in [3.05, 3.63) is 35.9 Å². The topological polar surface area (TPSA) is 48.9 Å². The maximum absolute atomic E-state index is 5.33. The van der Waals surface area contributed by atoms with E-state index in [1.165, 1.54) is 5.56 Å². The number of hydrogen-bond acceptors (Lipinski definition) is 3. The van der Waals surface area contributed by atoms with Gasteiger partial charge in [0.25, 0.3) is 0 Å². The number of benzene rings is 1. The molecular formula is C17H31IN4O. The Bertz CT molecular complexity index is 426. The monoisotopic (exact) mass is 434 g/mol. The first kappa shape index (κ1) is 22.1. The van der Waals surface area contributed by atoms with Gasteiger partial charge >= 0.3 is 0 Å². The predicted molar refractivity (Wildman–Crippen MR) is 109 cm³/mol. The summed E-state index contributed by atoms with van der Waals surface area (Å²) in [5, 5.41) is 6.71. The van der Waals surface area contributed by atoms with E-state index >= 15 is 0 Å². The number of nitrogens with zero attached hydrogens (tertiary/aromatic N) is 2. The molecule has 0 aliphatic heterocycles. The number of guanidine groups is 1. The van der Waals surface area contributed by atoms with Gasteiger partial charge in [-0.1, -0.05) is 30.3 Å². The van der Waals surface area contributed by atoms with Gasteiger partial charge in [0.2, 0.25) is 0 Å². The largest absolute Gasteiger partial charge is 0.382 e. The second-order valence-electron chi connectivity index (χ2n) is 5.32. The van der Waals surface area contributed by atoms with E-state index < -0.39 is 0 Å². The van der Waals surface area contributed by atoms with Crippen molar-refractivity contribution in [2.45, 2.75) is 19.4 Å². The highest BCUT2D eigenvalue weighted by molar-refractivity contribution is 14.0. The van der Waals surface area contributed by atoms with Gasteiger partial charge in [0.1, 0.15) is 0 Å². The molecule has 2 N–H and O–H groups in total. The molecule has 23 heavy (non-hydrogen) atoms. The van der Waals surface area contributed by atoms with E-state index in [9.17, 15) is 0 Å². The van der Waals surface area contributed by atoms with Crippen molar-refractivity contribution in [1.82, 2.24) is 15.5 Å². The first-order chi connectivity index (χ1) is 10.7. The van der Waals surface area contributed by atoms with Crippen LogP contribution in [0.2, 0.25) is 0 Å². The zero-order chi connectivity index (χ0) is 16.2. The van der Waals surface area contributed by atoms with Crippen LogP contribution in [0, 0.1) is 0 Å². The van der Waals surface area contributed by atoms with Gasteiger partial charge in [-0.05, 0) is 33.0 Å². The normalized spacial score (nSPS) is 12.7. The third kappa shape index (κ3) is 9.12. The van der Waals surface area contributed by atoms with Gasteiger partial charge in [-0.25, -0.2) is 0 Å². The van der Waals surface area contributed by atoms with Crippen LogP contribution < -0.4 is 10.6 Å². The molecule has 6 heteroatoms. The summed E-state index contributed by atoms with van der Waals surface area (Å²) in [6.45, 7) is 5.23. The minimum absolute atomic E-state index is 0. The molecule has 0 aliphatic carbocycles. The van der Waals surface area contributed by atoms with Gasteiger partial charge in [-0.3, -0.25) is 4.99 Å². The highest BCUT2D eigenvalue weighted by Crippen LogP contribution is 2.16. The summed E-state index contributed by atoms with van der Waals surface area (Å²) in [6, 6.07) is 10.8. The van der Waals surface area contributed by atoms with E-state index in [0.29, 0.717) is 6.04 Å². The highest BCUT2D eigenvalue weighted by Gasteiger charge is 2.13. The molecule has 1 aromatic rings. The fraction of sp³-hybridized carbons (Fsp3) is 0.588. The molecule has 132 valence electrons. The lowest BCUT2D eigenvalue weighted by molar-refractivity contribution is 0.145. The van der Waals surface area contributed by atoms with E-state index in [2.05, 4.69) is 58.9 Å². The molecule has 0 heterocycles. The van der Waals surface area contributed by atoms with Gasteiger partial charge in [0.15, 0.2) is 5.96 Å². The van der Waals surface area contributed by atoms with Crippen LogP contribution in [0.25, 0.3) is 0 Å². The molecule has 0 spiro atoms. The van der Waals surface area contributed by atoms with Crippen molar-refractivity contribution < 1.29 is 4.74 Å². The number of aliphatic imine (C=N–C) groups is 1. The number of nitrogens with one attached hydrogen (secondary N) is 2. The quantitative estimate of drug-likeness (QED) is 0.272. The van der Waals surface area contributed by atoms with Crippen LogP contribution in [-0.4, -0.2) is 58.3 Å². The van der Waals surface area contributed by atoms with Crippen LogP contribution in [0.5, 0.6) is 0 Å².